The molecule has 2 aliphatic heterocycles. The molecule has 0 aliphatic carbocycles. The van der Waals surface area contributed by atoms with Gasteiger partial charge in [-0.1, -0.05) is 0 Å². The maximum atomic E-state index is 14.9. The van der Waals surface area contributed by atoms with Crippen LogP contribution in [-0.2, 0) is 17.0 Å². The molecule has 240 valence electrons. The Kier molecular flexibility index (Phi) is 6.97. The van der Waals surface area contributed by atoms with E-state index in [2.05, 4.69) is 0 Å². The summed E-state index contributed by atoms with van der Waals surface area (Å²) in [5.74, 6) is 0. The van der Waals surface area contributed by atoms with Crippen molar-refractivity contribution in [2.24, 2.45) is 0 Å². The van der Waals surface area contributed by atoms with Gasteiger partial charge in [0.2, 0.25) is 0 Å². The van der Waals surface area contributed by atoms with E-state index in [4.69, 9.17) is 6.03 Å². The molecule has 2 aliphatic rings. The van der Waals surface area contributed by atoms with Crippen LogP contribution in [0.5, 0.6) is 0 Å². The number of alkyl halides is 12. The Morgan fingerprint density at radius 2 is 1.05 bits per heavy atom. The van der Waals surface area contributed by atoms with Crippen LogP contribution in [0, 0.1) is 0 Å². The van der Waals surface area contributed by atoms with Gasteiger partial charge in [-0.3, -0.25) is 0 Å². The molecule has 3 aromatic carbocycles. The number of hydrogen-bond acceptors (Lipinski definition) is 2. The van der Waals surface area contributed by atoms with Crippen molar-refractivity contribution in [2.75, 3.05) is 0 Å². The molecule has 44 heavy (non-hydrogen) atoms. The Hall–Kier alpha value is -2.44. The minimum atomic E-state index is -8.07. The molecule has 1 unspecified atom stereocenters. The molecule has 1 atom stereocenters. The van der Waals surface area contributed by atoms with Crippen LogP contribution in [0.25, 0.3) is 0 Å². The average molecular weight is 753 g/mol. The third-order valence-electron chi connectivity index (χ3n) is 8.22. The normalized spacial score (nSPS) is 23.3. The van der Waals surface area contributed by atoms with Crippen molar-refractivity contribution in [1.82, 2.24) is 0 Å². The van der Waals surface area contributed by atoms with Crippen LogP contribution in [0.2, 0.25) is 0 Å². The SMILES string of the molecule is CC(C)(C)c1cc[c]([Sb]23([O]C(C(F)(F)F)(C(F)(F)F)c4cccc[c]42)[O]C(C(F)(F)F)(C(F)(F)F)[CH]3c2ccccc2)cc1. The van der Waals surface area contributed by atoms with Crippen molar-refractivity contribution in [1.29, 1.82) is 0 Å². The summed E-state index contributed by atoms with van der Waals surface area (Å²) >= 11 is -8.07. The van der Waals surface area contributed by atoms with E-state index < -0.39 is 81.6 Å². The molecule has 5 rings (SSSR count). The molecular weight excluding hydrogens is 730 g/mol. The number of rotatable bonds is 2. The first-order valence-electron chi connectivity index (χ1n) is 12.9. The topological polar surface area (TPSA) is 18.5 Å². The first kappa shape index (κ1) is 32.9. The third-order valence-corrected chi connectivity index (χ3v) is 23.8. The Balaban J connectivity index is 2.05. The molecule has 0 N–H and O–H groups in total. The molecule has 0 amide bonds. The quantitative estimate of drug-likeness (QED) is 0.195. The van der Waals surface area contributed by atoms with Gasteiger partial charge in [0.25, 0.3) is 0 Å². The van der Waals surface area contributed by atoms with E-state index in [1.807, 2.05) is 0 Å². The molecule has 0 bridgehead atoms. The van der Waals surface area contributed by atoms with Crippen molar-refractivity contribution in [3.63, 3.8) is 0 Å². The molecule has 15 heteroatoms. The van der Waals surface area contributed by atoms with Gasteiger partial charge in [-0.05, 0) is 0 Å². The van der Waals surface area contributed by atoms with Crippen LogP contribution >= 0.6 is 0 Å². The summed E-state index contributed by atoms with van der Waals surface area (Å²) in [4.78, 5) is 0. The van der Waals surface area contributed by atoms with Gasteiger partial charge in [0.05, 0.1) is 0 Å². The summed E-state index contributed by atoms with van der Waals surface area (Å²) in [6.45, 7) is 5.09. The zero-order chi connectivity index (χ0) is 33.0. The summed E-state index contributed by atoms with van der Waals surface area (Å²) in [7, 11) is 0. The van der Waals surface area contributed by atoms with Crippen molar-refractivity contribution in [3.8, 4) is 0 Å². The van der Waals surface area contributed by atoms with Gasteiger partial charge in [0.15, 0.2) is 0 Å². The monoisotopic (exact) mass is 752 g/mol. The van der Waals surface area contributed by atoms with E-state index in [-0.39, 0.29) is 0 Å². The van der Waals surface area contributed by atoms with Gasteiger partial charge in [-0.25, -0.2) is 0 Å². The second-order valence-electron chi connectivity index (χ2n) is 11.7. The fraction of sp³-hybridized carbons (Fsp3) is 0.379. The van der Waals surface area contributed by atoms with Crippen LogP contribution in [0.15, 0.2) is 78.9 Å². The average Bonchev–Trinajstić information content (AvgIpc) is 3.18. The predicted octanol–water partition coefficient (Wildman–Crippen LogP) is 8.06. The number of fused-ring (bicyclic) bond motifs is 2. The fourth-order valence-electron chi connectivity index (χ4n) is 6.36. The maximum absolute atomic E-state index is 14.9. The van der Waals surface area contributed by atoms with Crippen LogP contribution in [0.4, 0.5) is 52.7 Å². The van der Waals surface area contributed by atoms with Crippen molar-refractivity contribution in [2.45, 2.75) is 66.0 Å². The summed E-state index contributed by atoms with van der Waals surface area (Å²) in [6, 6.07) is 11.9. The van der Waals surface area contributed by atoms with Gasteiger partial charge in [0.1, 0.15) is 0 Å². The Morgan fingerprint density at radius 1 is 0.568 bits per heavy atom. The molecule has 0 aromatic heterocycles. The fourth-order valence-corrected chi connectivity index (χ4v) is 25.1. The van der Waals surface area contributed by atoms with E-state index in [0.29, 0.717) is 17.7 Å². The molecule has 3 aromatic rings. The molecule has 1 spiro atoms. The molecular formula is C29H23F12O2Sb. The standard InChI is InChI=1S/C10H6F6O.C10H13.C9H4F6O.Sb/c11-9(12,13)8(17,10(14,15)16)6-7-4-2-1-3-5-7;1-10(2,3)9-7-5-4-6-8-9;10-8(11,12)7(16,9(13,14)15)6-4-2-1-3-5-6;/h1-6H;5-8H,1-3H3;1-4H;/q-1;;-1;+2. The van der Waals surface area contributed by atoms with E-state index in [9.17, 15) is 52.7 Å². The molecule has 1 fully saturated rings. The van der Waals surface area contributed by atoms with E-state index in [1.54, 1.807) is 20.8 Å². The number of benzene rings is 3. The zero-order valence-electron chi connectivity index (χ0n) is 22.9. The Bertz CT molecular complexity index is 1540. The Labute approximate surface area is 245 Å². The number of halogens is 12. The van der Waals surface area contributed by atoms with Crippen LogP contribution in [-0.4, -0.2) is 48.5 Å². The van der Waals surface area contributed by atoms with Crippen molar-refractivity contribution in [3.05, 3.63) is 95.6 Å². The van der Waals surface area contributed by atoms with E-state index >= 15 is 0 Å². The summed E-state index contributed by atoms with van der Waals surface area (Å²) < 4.78 is 184. The van der Waals surface area contributed by atoms with Gasteiger partial charge >= 0.3 is 245 Å². The first-order chi connectivity index (χ1) is 19.9. The van der Waals surface area contributed by atoms with Gasteiger partial charge in [-0.2, -0.15) is 0 Å². The second-order valence-corrected chi connectivity index (χ2v) is 22.9. The number of hydrogen-bond donors (Lipinski definition) is 0. The summed E-state index contributed by atoms with van der Waals surface area (Å²) in [5.41, 5.74) is -13.3. The zero-order valence-corrected chi connectivity index (χ0v) is 25.4. The van der Waals surface area contributed by atoms with Crippen molar-refractivity contribution >= 4 is 25.3 Å². The molecule has 0 radical (unpaired) electrons. The third kappa shape index (κ3) is 3.92. The van der Waals surface area contributed by atoms with Crippen LogP contribution < -0.4 is 7.02 Å². The molecule has 1 saturated heterocycles. The van der Waals surface area contributed by atoms with Crippen LogP contribution in [0.3, 0.4) is 0 Å². The molecule has 0 saturated carbocycles. The van der Waals surface area contributed by atoms with Gasteiger partial charge in [0, 0.05) is 0 Å². The minimum absolute atomic E-state index is 0.359. The van der Waals surface area contributed by atoms with Crippen LogP contribution in [0.1, 0.15) is 41.3 Å². The van der Waals surface area contributed by atoms with Gasteiger partial charge in [-0.15, -0.1) is 0 Å². The summed E-state index contributed by atoms with van der Waals surface area (Å²) in [5, 5.41) is 0. The van der Waals surface area contributed by atoms with E-state index in [1.165, 1.54) is 18.2 Å². The van der Waals surface area contributed by atoms with E-state index in [0.717, 1.165) is 48.5 Å². The Morgan fingerprint density at radius 3 is 1.50 bits per heavy atom. The van der Waals surface area contributed by atoms with Gasteiger partial charge < -0.3 is 0 Å². The molecule has 2 nitrogen and oxygen atoms in total. The molecule has 2 heterocycles. The second kappa shape index (κ2) is 9.31. The predicted molar refractivity (Wildman–Crippen MR) is 137 cm³/mol. The van der Waals surface area contributed by atoms with Crippen molar-refractivity contribution < 1.29 is 58.7 Å². The first-order valence-corrected chi connectivity index (χ1v) is 19.0. The summed E-state index contributed by atoms with van der Waals surface area (Å²) in [6.07, 6.45) is -25.5.